The van der Waals surface area contributed by atoms with Crippen LogP contribution in [0.1, 0.15) is 26.7 Å². The predicted octanol–water partition coefficient (Wildman–Crippen LogP) is 4.08. The van der Waals surface area contributed by atoms with E-state index >= 15 is 0 Å². The molecular weight excluding hydrogens is 170 g/mol. The van der Waals surface area contributed by atoms with E-state index < -0.39 is 0 Å². The van der Waals surface area contributed by atoms with E-state index in [9.17, 15) is 0 Å². The molecule has 72 valence electrons. The van der Waals surface area contributed by atoms with E-state index in [0.29, 0.717) is 0 Å². The van der Waals surface area contributed by atoms with Gasteiger partial charge in [-0.3, -0.25) is 0 Å². The number of hydrogen-bond donors (Lipinski definition) is 0. The Hall–Kier alpha value is -1.55. The van der Waals surface area contributed by atoms with E-state index in [1.54, 1.807) is 0 Å². The zero-order valence-electron chi connectivity index (χ0n) is 8.88. The molecular formula is C13H16N+. The van der Waals surface area contributed by atoms with Crippen molar-refractivity contribution in [3.63, 3.8) is 0 Å². The second-order valence-electron chi connectivity index (χ2n) is 3.32. The third kappa shape index (κ3) is 2.74. The van der Waals surface area contributed by atoms with E-state index in [2.05, 4.69) is 49.6 Å². The van der Waals surface area contributed by atoms with Gasteiger partial charge in [-0.1, -0.05) is 18.2 Å². The Morgan fingerprint density at radius 3 is 3.07 bits per heavy atom. The van der Waals surface area contributed by atoms with E-state index in [1.165, 1.54) is 22.9 Å². The molecule has 0 bridgehead atoms. The van der Waals surface area contributed by atoms with Gasteiger partial charge >= 0.3 is 0 Å². The lowest BCUT2D eigenvalue weighted by Crippen LogP contribution is -1.86. The average Bonchev–Trinajstić information content (AvgIpc) is 2.33. The highest BCUT2D eigenvalue weighted by atomic mass is 14.6. The summed E-state index contributed by atoms with van der Waals surface area (Å²) >= 11 is 0. The summed E-state index contributed by atoms with van der Waals surface area (Å²) in [6.45, 7) is 7.80. The van der Waals surface area contributed by atoms with Crippen LogP contribution in [0.3, 0.4) is 0 Å². The number of nitrogens with zero attached hydrogens (tertiary/aromatic N) is 1. The highest BCUT2D eigenvalue weighted by molar-refractivity contribution is 5.41. The minimum Gasteiger partial charge on any atom is -0.0805 e. The van der Waals surface area contributed by atoms with Crippen LogP contribution in [-0.4, -0.2) is 0 Å². The zero-order valence-corrected chi connectivity index (χ0v) is 8.88. The van der Waals surface area contributed by atoms with E-state index in [0.717, 1.165) is 12.8 Å². The molecule has 0 saturated carbocycles. The molecule has 1 rings (SSSR count). The fourth-order valence-electron chi connectivity index (χ4n) is 1.39. The van der Waals surface area contributed by atoms with Gasteiger partial charge in [0.05, 0.1) is 0 Å². The lowest BCUT2D eigenvalue weighted by Gasteiger charge is -2.02. The van der Waals surface area contributed by atoms with Gasteiger partial charge in [0.2, 0.25) is 0 Å². The van der Waals surface area contributed by atoms with Crippen molar-refractivity contribution in [3.05, 3.63) is 52.6 Å². The summed E-state index contributed by atoms with van der Waals surface area (Å²) in [5.74, 6) is 0. The second kappa shape index (κ2) is 5.24. The first-order valence-electron chi connectivity index (χ1n) is 4.82. The SMILES string of the molecule is C=C[N+]#CCC1=CCC=CC(C)=C1C. The minimum atomic E-state index is 0.775. The van der Waals surface area contributed by atoms with Gasteiger partial charge < -0.3 is 0 Å². The smallest absolute Gasteiger partial charge is 0.0805 e. The first-order chi connectivity index (χ1) is 6.75. The summed E-state index contributed by atoms with van der Waals surface area (Å²) in [5.41, 5.74) is 3.98. The van der Waals surface area contributed by atoms with Crippen LogP contribution in [-0.2, 0) is 0 Å². The van der Waals surface area contributed by atoms with E-state index in [1.807, 2.05) is 0 Å². The number of hydrogen-bond acceptors (Lipinski definition) is 0. The van der Waals surface area contributed by atoms with Crippen LogP contribution in [0.2, 0.25) is 0 Å². The molecule has 0 N–H and O–H groups in total. The van der Waals surface area contributed by atoms with Crippen LogP contribution >= 0.6 is 0 Å². The normalized spacial score (nSPS) is 15.4. The van der Waals surface area contributed by atoms with Crippen molar-refractivity contribution >= 4 is 0 Å². The maximum absolute atomic E-state index is 3.89. The monoisotopic (exact) mass is 186 g/mol. The lowest BCUT2D eigenvalue weighted by molar-refractivity contribution is 1.19. The molecule has 0 aromatic carbocycles. The van der Waals surface area contributed by atoms with Crippen molar-refractivity contribution in [1.29, 1.82) is 0 Å². The quantitative estimate of drug-likeness (QED) is 0.581. The van der Waals surface area contributed by atoms with Crippen molar-refractivity contribution < 1.29 is 0 Å². The van der Waals surface area contributed by atoms with Crippen LogP contribution < -0.4 is 0 Å². The van der Waals surface area contributed by atoms with Crippen molar-refractivity contribution in [1.82, 2.24) is 0 Å². The molecule has 0 aromatic rings. The molecule has 14 heavy (non-hydrogen) atoms. The molecule has 1 aliphatic carbocycles. The van der Waals surface area contributed by atoms with Crippen LogP contribution in [0, 0.1) is 6.07 Å². The Labute approximate surface area is 86.0 Å². The Kier molecular flexibility index (Phi) is 3.94. The molecule has 1 aliphatic rings. The van der Waals surface area contributed by atoms with Gasteiger partial charge in [0.25, 0.3) is 12.3 Å². The van der Waals surface area contributed by atoms with Gasteiger partial charge in [0, 0.05) is 0 Å². The average molecular weight is 186 g/mol. The molecule has 0 spiro atoms. The van der Waals surface area contributed by atoms with Gasteiger partial charge in [0.15, 0.2) is 0 Å². The van der Waals surface area contributed by atoms with E-state index in [4.69, 9.17) is 0 Å². The Morgan fingerprint density at radius 1 is 1.57 bits per heavy atom. The van der Waals surface area contributed by atoms with Crippen molar-refractivity contribution in [2.45, 2.75) is 26.7 Å². The molecule has 0 saturated heterocycles. The fourth-order valence-corrected chi connectivity index (χ4v) is 1.39. The third-order valence-electron chi connectivity index (χ3n) is 2.39. The van der Waals surface area contributed by atoms with Crippen molar-refractivity contribution in [3.8, 4) is 6.07 Å². The predicted molar refractivity (Wildman–Crippen MR) is 62.3 cm³/mol. The van der Waals surface area contributed by atoms with Gasteiger partial charge in [-0.05, 0) is 48.4 Å². The maximum Gasteiger partial charge on any atom is 0.298 e. The highest BCUT2D eigenvalue weighted by Crippen LogP contribution is 2.21. The summed E-state index contributed by atoms with van der Waals surface area (Å²) in [4.78, 5) is 3.89. The topological polar surface area (TPSA) is 4.36 Å². The molecule has 0 radical (unpaired) electrons. The summed E-state index contributed by atoms with van der Waals surface area (Å²) in [5, 5.41) is 0. The van der Waals surface area contributed by atoms with Crippen LogP contribution in [0.15, 0.2) is 47.7 Å². The molecule has 0 amide bonds. The number of rotatable bonds is 1. The molecule has 1 nitrogen and oxygen atoms in total. The molecule has 0 atom stereocenters. The first-order valence-corrected chi connectivity index (χ1v) is 4.82. The summed E-state index contributed by atoms with van der Waals surface area (Å²) in [6.07, 6.45) is 9.87. The summed E-state index contributed by atoms with van der Waals surface area (Å²) in [6, 6.07) is 2.96. The largest absolute Gasteiger partial charge is 0.298 e. The molecule has 1 heteroatoms. The van der Waals surface area contributed by atoms with Crippen LogP contribution in [0.25, 0.3) is 4.85 Å². The molecule has 0 fully saturated rings. The van der Waals surface area contributed by atoms with Gasteiger partial charge in [0.1, 0.15) is 6.42 Å². The summed E-state index contributed by atoms with van der Waals surface area (Å²) < 4.78 is 0. The Balaban J connectivity index is 2.83. The highest BCUT2D eigenvalue weighted by Gasteiger charge is 2.05. The number of allylic oxidation sites excluding steroid dienone is 6. The zero-order chi connectivity index (χ0) is 10.4. The lowest BCUT2D eigenvalue weighted by atomic mass is 10.0. The Bertz CT molecular complexity index is 370. The molecule has 0 aromatic heterocycles. The van der Waals surface area contributed by atoms with Gasteiger partial charge in [-0.25, -0.2) is 0 Å². The summed E-state index contributed by atoms with van der Waals surface area (Å²) in [7, 11) is 0. The second-order valence-corrected chi connectivity index (χ2v) is 3.32. The fraction of sp³-hybridized carbons (Fsp3) is 0.308. The van der Waals surface area contributed by atoms with Crippen LogP contribution in [0.5, 0.6) is 0 Å². The van der Waals surface area contributed by atoms with Crippen LogP contribution in [0.4, 0.5) is 0 Å². The van der Waals surface area contributed by atoms with Gasteiger partial charge in [-0.2, -0.15) is 0 Å². The standard InChI is InChI=1S/C13H16N/c1-4-14-10-9-13-8-6-5-7-11(2)12(13)3/h4-5,7-8H,1,6,9H2,2-3H3/q+1. The maximum atomic E-state index is 3.89. The van der Waals surface area contributed by atoms with Gasteiger partial charge in [-0.15, -0.1) is 0 Å². The van der Waals surface area contributed by atoms with E-state index in [-0.39, 0.29) is 0 Å². The minimum absolute atomic E-state index is 0.775. The third-order valence-corrected chi connectivity index (χ3v) is 2.39. The first kappa shape index (κ1) is 10.5. The molecule has 0 aliphatic heterocycles. The molecule has 0 unspecified atom stereocenters. The molecule has 0 heterocycles. The Morgan fingerprint density at radius 2 is 2.36 bits per heavy atom. The van der Waals surface area contributed by atoms with Crippen molar-refractivity contribution in [2.75, 3.05) is 0 Å². The van der Waals surface area contributed by atoms with Crippen molar-refractivity contribution in [2.24, 2.45) is 0 Å².